The molecule has 12 nitrogen and oxygen atoms in total. The van der Waals surface area contributed by atoms with Crippen LogP contribution < -0.4 is 39.1 Å². The molecular formula is C32H38N2O10S. The number of thiophene rings is 1. The Hall–Kier alpha value is -4.65. The summed E-state index contributed by atoms with van der Waals surface area (Å²) in [6.07, 6.45) is 2.45. The van der Waals surface area contributed by atoms with Gasteiger partial charge in [-0.3, -0.25) is 9.59 Å². The van der Waals surface area contributed by atoms with Crippen molar-refractivity contribution in [3.8, 4) is 34.5 Å². The van der Waals surface area contributed by atoms with Gasteiger partial charge in [0.25, 0.3) is 11.8 Å². The summed E-state index contributed by atoms with van der Waals surface area (Å²) in [6, 6.07) is 6.08. The number of amides is 2. The highest BCUT2D eigenvalue weighted by Crippen LogP contribution is 2.42. The lowest BCUT2D eigenvalue weighted by Crippen LogP contribution is -2.30. The van der Waals surface area contributed by atoms with Gasteiger partial charge in [-0.25, -0.2) is 4.79 Å². The maximum absolute atomic E-state index is 13.5. The quantitative estimate of drug-likeness (QED) is 0.198. The monoisotopic (exact) mass is 642 g/mol. The first kappa shape index (κ1) is 33.2. The predicted molar refractivity (Wildman–Crippen MR) is 168 cm³/mol. The average molecular weight is 643 g/mol. The molecule has 1 aliphatic rings. The zero-order chi connectivity index (χ0) is 32.7. The van der Waals surface area contributed by atoms with Crippen molar-refractivity contribution in [2.75, 3.05) is 61.1 Å². The number of benzene rings is 2. The molecule has 1 atom stereocenters. The lowest BCUT2D eigenvalue weighted by molar-refractivity contribution is 0.0502. The molecule has 0 radical (unpaired) electrons. The number of hydrogen-bond acceptors (Lipinski definition) is 11. The Morgan fingerprint density at radius 2 is 1.31 bits per heavy atom. The SMILES string of the molecule is COc1cc(C(=O)Nc2sc3c(c2C(=O)NCCOC(=O)c2cc(OC)c(OC)c(OC)c2)CCC(C)C3)cc(OC)c1OC. The van der Waals surface area contributed by atoms with Gasteiger partial charge in [-0.15, -0.1) is 11.3 Å². The molecule has 242 valence electrons. The molecule has 0 bridgehead atoms. The van der Waals surface area contributed by atoms with Crippen molar-refractivity contribution < 1.29 is 47.5 Å². The van der Waals surface area contributed by atoms with Gasteiger partial charge in [0.1, 0.15) is 11.6 Å². The van der Waals surface area contributed by atoms with Gasteiger partial charge in [0, 0.05) is 10.4 Å². The Kier molecular flexibility index (Phi) is 11.0. The number of methoxy groups -OCH3 is 6. The molecule has 0 aliphatic heterocycles. The van der Waals surface area contributed by atoms with Crippen LogP contribution >= 0.6 is 11.3 Å². The molecule has 1 unspecified atom stereocenters. The summed E-state index contributed by atoms with van der Waals surface area (Å²) in [5.41, 5.74) is 1.81. The number of carbonyl (C=O) groups excluding carboxylic acids is 3. The summed E-state index contributed by atoms with van der Waals surface area (Å²) in [5, 5.41) is 6.21. The molecule has 1 aromatic heterocycles. The predicted octanol–water partition coefficient (Wildman–Crippen LogP) is 4.76. The van der Waals surface area contributed by atoms with Gasteiger partial charge in [0.05, 0.1) is 60.3 Å². The number of esters is 1. The first-order valence-electron chi connectivity index (χ1n) is 14.2. The smallest absolute Gasteiger partial charge is 0.338 e. The van der Waals surface area contributed by atoms with Crippen LogP contribution in [-0.2, 0) is 17.6 Å². The minimum absolute atomic E-state index is 0.0519. The minimum Gasteiger partial charge on any atom is -0.493 e. The van der Waals surface area contributed by atoms with E-state index in [0.29, 0.717) is 57.4 Å². The molecule has 1 aliphatic carbocycles. The molecule has 0 saturated carbocycles. The zero-order valence-electron chi connectivity index (χ0n) is 26.4. The Bertz CT molecular complexity index is 1520. The van der Waals surface area contributed by atoms with Crippen molar-refractivity contribution in [2.45, 2.75) is 26.2 Å². The van der Waals surface area contributed by atoms with E-state index in [1.807, 2.05) is 0 Å². The third-order valence-corrected chi connectivity index (χ3v) is 8.58. The number of carbonyl (C=O) groups is 3. The summed E-state index contributed by atoms with van der Waals surface area (Å²) >= 11 is 1.40. The highest BCUT2D eigenvalue weighted by Gasteiger charge is 2.29. The highest BCUT2D eigenvalue weighted by molar-refractivity contribution is 7.17. The van der Waals surface area contributed by atoms with Crippen molar-refractivity contribution in [3.05, 3.63) is 51.4 Å². The molecule has 3 aromatic rings. The van der Waals surface area contributed by atoms with Crippen molar-refractivity contribution in [1.29, 1.82) is 0 Å². The maximum Gasteiger partial charge on any atom is 0.338 e. The molecular weight excluding hydrogens is 604 g/mol. The Morgan fingerprint density at radius 3 is 1.82 bits per heavy atom. The molecule has 2 N–H and O–H groups in total. The topological polar surface area (TPSA) is 140 Å². The van der Waals surface area contributed by atoms with Crippen molar-refractivity contribution in [3.63, 3.8) is 0 Å². The van der Waals surface area contributed by atoms with Gasteiger partial charge in [-0.05, 0) is 55.0 Å². The summed E-state index contributed by atoms with van der Waals surface area (Å²) in [6.45, 7) is 2.13. The second-order valence-corrected chi connectivity index (χ2v) is 11.3. The Labute approximate surface area is 265 Å². The first-order chi connectivity index (χ1) is 21.7. The second kappa shape index (κ2) is 14.9. The van der Waals surface area contributed by atoms with Crippen molar-refractivity contribution in [2.24, 2.45) is 5.92 Å². The van der Waals surface area contributed by atoms with Gasteiger partial charge in [-0.1, -0.05) is 6.92 Å². The average Bonchev–Trinajstić information content (AvgIpc) is 3.41. The van der Waals surface area contributed by atoms with E-state index >= 15 is 0 Å². The maximum atomic E-state index is 13.5. The third kappa shape index (κ3) is 7.19. The summed E-state index contributed by atoms with van der Waals surface area (Å²) in [4.78, 5) is 40.8. The van der Waals surface area contributed by atoms with Crippen LogP contribution in [0.5, 0.6) is 34.5 Å². The van der Waals surface area contributed by atoms with E-state index in [1.54, 1.807) is 12.1 Å². The summed E-state index contributed by atoms with van der Waals surface area (Å²) < 4.78 is 37.5. The molecule has 2 aromatic carbocycles. The van der Waals surface area contributed by atoms with Gasteiger partial charge in [-0.2, -0.15) is 0 Å². The number of fused-ring (bicyclic) bond motifs is 1. The highest BCUT2D eigenvalue weighted by atomic mass is 32.1. The molecule has 13 heteroatoms. The molecule has 2 amide bonds. The van der Waals surface area contributed by atoms with Crippen molar-refractivity contribution >= 4 is 34.1 Å². The second-order valence-electron chi connectivity index (χ2n) is 10.2. The minimum atomic E-state index is -0.622. The van der Waals surface area contributed by atoms with Gasteiger partial charge in [0.2, 0.25) is 11.5 Å². The van der Waals surface area contributed by atoms with Crippen LogP contribution in [0.3, 0.4) is 0 Å². The van der Waals surface area contributed by atoms with E-state index in [-0.39, 0.29) is 30.2 Å². The van der Waals surface area contributed by atoms with Gasteiger partial charge in [0.15, 0.2) is 23.0 Å². The van der Waals surface area contributed by atoms with E-state index in [9.17, 15) is 14.4 Å². The fourth-order valence-electron chi connectivity index (χ4n) is 5.15. The van der Waals surface area contributed by atoms with E-state index in [4.69, 9.17) is 33.2 Å². The Morgan fingerprint density at radius 1 is 0.778 bits per heavy atom. The van der Waals surface area contributed by atoms with Crippen molar-refractivity contribution in [1.82, 2.24) is 5.32 Å². The molecule has 4 rings (SSSR count). The number of ether oxygens (including phenoxy) is 7. The summed E-state index contributed by atoms with van der Waals surface area (Å²) in [7, 11) is 8.79. The zero-order valence-corrected chi connectivity index (χ0v) is 27.2. The molecule has 45 heavy (non-hydrogen) atoms. The Balaban J connectivity index is 1.49. The molecule has 0 saturated heterocycles. The van der Waals surface area contributed by atoms with E-state index in [1.165, 1.54) is 66.1 Å². The number of hydrogen-bond donors (Lipinski definition) is 2. The fourth-order valence-corrected chi connectivity index (χ4v) is 6.55. The van der Waals surface area contributed by atoms with E-state index in [2.05, 4.69) is 17.6 Å². The molecule has 1 heterocycles. The largest absolute Gasteiger partial charge is 0.493 e. The van der Waals surface area contributed by atoms with Crippen LogP contribution in [0.1, 0.15) is 54.9 Å². The van der Waals surface area contributed by atoms with Crippen LogP contribution in [0.4, 0.5) is 5.00 Å². The van der Waals surface area contributed by atoms with E-state index in [0.717, 1.165) is 23.3 Å². The third-order valence-electron chi connectivity index (χ3n) is 7.41. The van der Waals surface area contributed by atoms with E-state index < -0.39 is 11.9 Å². The molecule has 0 fully saturated rings. The summed E-state index contributed by atoms with van der Waals surface area (Å²) in [5.74, 6) is 1.04. The van der Waals surface area contributed by atoms with Gasteiger partial charge < -0.3 is 43.8 Å². The normalized spacial score (nSPS) is 13.6. The van der Waals surface area contributed by atoms with Gasteiger partial charge >= 0.3 is 5.97 Å². The van der Waals surface area contributed by atoms with Crippen LogP contribution in [0.2, 0.25) is 0 Å². The number of nitrogens with one attached hydrogen (secondary N) is 2. The van der Waals surface area contributed by atoms with Crippen LogP contribution in [-0.4, -0.2) is 73.6 Å². The standard InChI is InChI=1S/C32H38N2O10S/c1-17-8-9-20-25(12-17)45-31(34-29(35)18-13-21(38-2)27(42-6)22(14-18)39-3)26(20)30(36)33-10-11-44-32(37)19-15-23(40-4)28(43-7)24(16-19)41-5/h13-17H,8-12H2,1-7H3,(H,33,36)(H,34,35). The fraction of sp³-hybridized carbons (Fsp3) is 0.406. The van der Waals surface area contributed by atoms with Crippen LogP contribution in [0, 0.1) is 5.92 Å². The number of anilines is 1. The lowest BCUT2D eigenvalue weighted by atomic mass is 9.88. The molecule has 0 spiro atoms. The van der Waals surface area contributed by atoms with Crippen LogP contribution in [0.25, 0.3) is 0 Å². The number of rotatable bonds is 13. The lowest BCUT2D eigenvalue weighted by Gasteiger charge is -2.18. The first-order valence-corrected chi connectivity index (χ1v) is 15.0. The van der Waals surface area contributed by atoms with Crippen LogP contribution in [0.15, 0.2) is 24.3 Å².